The van der Waals surface area contributed by atoms with E-state index in [1.165, 1.54) is 19.3 Å². The molecule has 0 saturated heterocycles. The fraction of sp³-hybridized carbons (Fsp3) is 0.333. The third-order valence-electron chi connectivity index (χ3n) is 6.20. The van der Waals surface area contributed by atoms with Crippen LogP contribution in [0.5, 0.6) is 0 Å². The molecule has 0 spiro atoms. The van der Waals surface area contributed by atoms with Crippen LogP contribution in [-0.4, -0.2) is 24.1 Å². The fourth-order valence-corrected chi connectivity index (χ4v) is 4.64. The molecule has 0 aliphatic heterocycles. The highest BCUT2D eigenvalue weighted by atomic mass is 16.1. The first-order valence-electron chi connectivity index (χ1n) is 11.8. The maximum atomic E-state index is 13.6. The van der Waals surface area contributed by atoms with Crippen molar-refractivity contribution in [3.8, 4) is 5.69 Å². The van der Waals surface area contributed by atoms with Crippen LogP contribution in [0.2, 0.25) is 0 Å². The topological polar surface area (TPSA) is 65.6 Å². The summed E-state index contributed by atoms with van der Waals surface area (Å²) < 4.78 is 3.72. The predicted molar refractivity (Wildman–Crippen MR) is 134 cm³/mol. The maximum Gasteiger partial charge on any atom is 0.265 e. The summed E-state index contributed by atoms with van der Waals surface area (Å²) in [4.78, 5) is 28.2. The Morgan fingerprint density at radius 1 is 0.848 bits per heavy atom. The molecule has 6 nitrogen and oxygen atoms in total. The van der Waals surface area contributed by atoms with Gasteiger partial charge in [0.25, 0.3) is 5.56 Å². The molecule has 0 fully saturated rings. The largest absolute Gasteiger partial charge is 0.299 e. The molecule has 0 atom stereocenters. The summed E-state index contributed by atoms with van der Waals surface area (Å²) in [5.74, 6) is 0. The van der Waals surface area contributed by atoms with Crippen molar-refractivity contribution in [3.05, 3.63) is 70.3 Å². The fourth-order valence-electron chi connectivity index (χ4n) is 4.64. The number of hydrogen-bond donors (Lipinski definition) is 0. The van der Waals surface area contributed by atoms with Crippen LogP contribution in [0.1, 0.15) is 50.2 Å². The molecule has 0 aliphatic rings. The van der Waals surface area contributed by atoms with E-state index in [4.69, 9.17) is 15.0 Å². The van der Waals surface area contributed by atoms with Gasteiger partial charge in [-0.05, 0) is 55.7 Å². The van der Waals surface area contributed by atoms with Crippen LogP contribution in [0.4, 0.5) is 0 Å². The highest BCUT2D eigenvalue weighted by Crippen LogP contribution is 2.29. The summed E-state index contributed by atoms with van der Waals surface area (Å²) in [6, 6.07) is 14.1. The van der Waals surface area contributed by atoms with Crippen molar-refractivity contribution in [1.29, 1.82) is 0 Å². The zero-order chi connectivity index (χ0) is 22.9. The van der Waals surface area contributed by atoms with E-state index < -0.39 is 0 Å². The highest BCUT2D eigenvalue weighted by Gasteiger charge is 2.21. The third-order valence-corrected chi connectivity index (χ3v) is 6.20. The Balaban J connectivity index is 1.75. The molecule has 0 unspecified atom stereocenters. The monoisotopic (exact) mass is 439 g/mol. The average molecular weight is 440 g/mol. The second-order valence-electron chi connectivity index (χ2n) is 8.92. The molecule has 0 radical (unpaired) electrons. The van der Waals surface area contributed by atoms with Gasteiger partial charge in [-0.2, -0.15) is 0 Å². The number of benzene rings is 2. The summed E-state index contributed by atoms with van der Waals surface area (Å²) in [7, 11) is 0. The Morgan fingerprint density at radius 3 is 2.27 bits per heavy atom. The first-order valence-corrected chi connectivity index (χ1v) is 11.8. The minimum atomic E-state index is -0.0480. The Bertz CT molecular complexity index is 1510. The van der Waals surface area contributed by atoms with Crippen LogP contribution in [-0.2, 0) is 6.54 Å². The molecular formula is C27H29N5O. The Labute approximate surface area is 192 Å². The SMILES string of the molecule is CCCCCCCn1cnc2c(c1=O)c1nc3ccccc3nc1n2-c1cc(C)cc(C)c1. The molecule has 168 valence electrons. The number of aryl methyl sites for hydroxylation is 3. The summed E-state index contributed by atoms with van der Waals surface area (Å²) in [5, 5.41) is 0.540. The Kier molecular flexibility index (Phi) is 5.67. The number of unbranched alkanes of at least 4 members (excludes halogenated alkanes) is 4. The Morgan fingerprint density at radius 2 is 1.55 bits per heavy atom. The van der Waals surface area contributed by atoms with E-state index in [2.05, 4.69) is 39.0 Å². The molecule has 5 rings (SSSR count). The summed E-state index contributed by atoms with van der Waals surface area (Å²) >= 11 is 0. The zero-order valence-electron chi connectivity index (χ0n) is 19.5. The van der Waals surface area contributed by atoms with Crippen LogP contribution >= 0.6 is 0 Å². The van der Waals surface area contributed by atoms with E-state index in [-0.39, 0.29) is 5.56 Å². The van der Waals surface area contributed by atoms with Gasteiger partial charge in [0, 0.05) is 12.2 Å². The number of para-hydroxylation sites is 2. The van der Waals surface area contributed by atoms with Gasteiger partial charge in [0.1, 0.15) is 10.9 Å². The molecule has 0 aliphatic carbocycles. The first kappa shape index (κ1) is 21.3. The molecule has 0 saturated carbocycles. The molecule has 2 aromatic carbocycles. The molecular weight excluding hydrogens is 410 g/mol. The maximum absolute atomic E-state index is 13.6. The summed E-state index contributed by atoms with van der Waals surface area (Å²) in [5.41, 5.74) is 6.66. The lowest BCUT2D eigenvalue weighted by Gasteiger charge is -2.09. The van der Waals surface area contributed by atoms with Crippen molar-refractivity contribution >= 4 is 33.2 Å². The molecule has 0 amide bonds. The van der Waals surface area contributed by atoms with Gasteiger partial charge < -0.3 is 0 Å². The number of rotatable bonds is 7. The lowest BCUT2D eigenvalue weighted by atomic mass is 10.1. The van der Waals surface area contributed by atoms with Crippen LogP contribution in [0.15, 0.2) is 53.6 Å². The molecule has 3 aromatic heterocycles. The summed E-state index contributed by atoms with van der Waals surface area (Å²) in [6.45, 7) is 7.02. The number of hydrogen-bond acceptors (Lipinski definition) is 4. The van der Waals surface area contributed by atoms with Gasteiger partial charge in [-0.3, -0.25) is 13.9 Å². The second-order valence-corrected chi connectivity index (χ2v) is 8.92. The Hall–Kier alpha value is -3.54. The molecule has 6 heteroatoms. The van der Waals surface area contributed by atoms with Crippen molar-refractivity contribution in [2.24, 2.45) is 0 Å². The third kappa shape index (κ3) is 3.90. The van der Waals surface area contributed by atoms with Gasteiger partial charge in [-0.15, -0.1) is 0 Å². The van der Waals surface area contributed by atoms with Crippen molar-refractivity contribution in [3.63, 3.8) is 0 Å². The predicted octanol–water partition coefficient (Wildman–Crippen LogP) is 5.87. The van der Waals surface area contributed by atoms with Gasteiger partial charge in [0.15, 0.2) is 11.3 Å². The van der Waals surface area contributed by atoms with Gasteiger partial charge in [0.2, 0.25) is 0 Å². The van der Waals surface area contributed by atoms with Crippen molar-refractivity contribution in [2.45, 2.75) is 59.4 Å². The number of nitrogens with zero attached hydrogens (tertiary/aromatic N) is 5. The van der Waals surface area contributed by atoms with E-state index in [0.717, 1.165) is 40.7 Å². The minimum Gasteiger partial charge on any atom is -0.299 e. The minimum absolute atomic E-state index is 0.0480. The molecule has 33 heavy (non-hydrogen) atoms. The van der Waals surface area contributed by atoms with Crippen molar-refractivity contribution in [2.75, 3.05) is 0 Å². The van der Waals surface area contributed by atoms with E-state index in [0.29, 0.717) is 28.7 Å². The lowest BCUT2D eigenvalue weighted by Crippen LogP contribution is -2.20. The number of aromatic nitrogens is 5. The van der Waals surface area contributed by atoms with Gasteiger partial charge in [-0.25, -0.2) is 15.0 Å². The first-order chi connectivity index (χ1) is 16.1. The molecule has 0 N–H and O–H groups in total. The summed E-state index contributed by atoms with van der Waals surface area (Å²) in [6.07, 6.45) is 7.41. The van der Waals surface area contributed by atoms with Crippen molar-refractivity contribution < 1.29 is 0 Å². The van der Waals surface area contributed by atoms with E-state index in [1.807, 2.05) is 28.8 Å². The van der Waals surface area contributed by atoms with E-state index in [9.17, 15) is 4.79 Å². The number of fused-ring (bicyclic) bond motifs is 4. The quantitative estimate of drug-likeness (QED) is 0.297. The average Bonchev–Trinajstić information content (AvgIpc) is 3.12. The van der Waals surface area contributed by atoms with Crippen LogP contribution < -0.4 is 5.56 Å². The normalized spacial score (nSPS) is 11.7. The standard InChI is InChI=1S/C27H29N5O/c1-4-5-6-7-10-13-31-17-28-25-23(27(31)33)24-26(30-22-12-9-8-11-21(22)29-24)32(25)20-15-18(2)14-19(3)16-20/h8-9,11-12,14-17H,4-7,10,13H2,1-3H3. The highest BCUT2D eigenvalue weighted by molar-refractivity contribution is 6.05. The van der Waals surface area contributed by atoms with Crippen LogP contribution in [0, 0.1) is 13.8 Å². The molecule has 3 heterocycles. The van der Waals surface area contributed by atoms with Crippen LogP contribution in [0.25, 0.3) is 38.9 Å². The van der Waals surface area contributed by atoms with E-state index in [1.54, 1.807) is 10.9 Å². The zero-order valence-corrected chi connectivity index (χ0v) is 19.5. The van der Waals surface area contributed by atoms with Crippen molar-refractivity contribution in [1.82, 2.24) is 24.1 Å². The molecule has 0 bridgehead atoms. The van der Waals surface area contributed by atoms with Gasteiger partial charge in [-0.1, -0.05) is 50.8 Å². The van der Waals surface area contributed by atoms with Crippen LogP contribution in [0.3, 0.4) is 0 Å². The van der Waals surface area contributed by atoms with Gasteiger partial charge in [0.05, 0.1) is 17.4 Å². The lowest BCUT2D eigenvalue weighted by molar-refractivity contribution is 0.556. The van der Waals surface area contributed by atoms with Gasteiger partial charge >= 0.3 is 0 Å². The molecule has 5 aromatic rings. The smallest absolute Gasteiger partial charge is 0.265 e. The second kappa shape index (κ2) is 8.77. The van der Waals surface area contributed by atoms with E-state index >= 15 is 0 Å².